The highest BCUT2D eigenvalue weighted by atomic mass is 79.9. The molecule has 10 heteroatoms. The minimum Gasteiger partial charge on any atom is -0.463 e. The van der Waals surface area contributed by atoms with Crippen LogP contribution in [0.3, 0.4) is 0 Å². The van der Waals surface area contributed by atoms with Crippen molar-refractivity contribution in [3.05, 3.63) is 0 Å². The summed E-state index contributed by atoms with van der Waals surface area (Å²) in [6.45, 7) is 4.59. The Morgan fingerprint density at radius 3 is 1.65 bits per heavy atom. The second kappa shape index (κ2) is 10.5. The lowest BCUT2D eigenvalue weighted by Crippen LogP contribution is -2.62. The number of carbonyl (C=O) groups is 4. The minimum absolute atomic E-state index is 0.212. The first kappa shape index (κ1) is 22.4. The van der Waals surface area contributed by atoms with Gasteiger partial charge in [0.05, 0.1) is 6.10 Å². The Kier molecular flexibility index (Phi) is 9.00. The summed E-state index contributed by atoms with van der Waals surface area (Å²) in [7, 11) is 0. The highest BCUT2D eigenvalue weighted by Crippen LogP contribution is 2.31. The summed E-state index contributed by atoms with van der Waals surface area (Å²) in [4.78, 5) is 45.8. The van der Waals surface area contributed by atoms with E-state index in [1.807, 2.05) is 0 Å². The average molecular weight is 439 g/mol. The van der Waals surface area contributed by atoms with Crippen LogP contribution in [0, 0.1) is 0 Å². The standard InChI is InChI=1S/C16H23BrO9/c1-8(18)22-7-13-15(24-10(3)20)16(25-11(4)21)14(23-9(2)19)12(26-13)5-6-17/h12-16H,5-7H2,1-4H3/t12-,13-,14-,15-,16-/m1/s1. The molecule has 1 heterocycles. The summed E-state index contributed by atoms with van der Waals surface area (Å²) >= 11 is 3.29. The molecule has 9 nitrogen and oxygen atoms in total. The Labute approximate surface area is 159 Å². The molecule has 0 amide bonds. The molecule has 0 aliphatic carbocycles. The zero-order chi connectivity index (χ0) is 19.9. The molecule has 0 spiro atoms. The molecule has 0 radical (unpaired) electrons. The molecule has 26 heavy (non-hydrogen) atoms. The Morgan fingerprint density at radius 1 is 0.769 bits per heavy atom. The lowest BCUT2D eigenvalue weighted by atomic mass is 9.93. The van der Waals surface area contributed by atoms with Gasteiger partial charge in [-0.1, -0.05) is 15.9 Å². The fraction of sp³-hybridized carbons (Fsp3) is 0.750. The Balaban J connectivity index is 3.22. The van der Waals surface area contributed by atoms with E-state index < -0.39 is 54.4 Å². The van der Waals surface area contributed by atoms with Gasteiger partial charge in [-0.25, -0.2) is 0 Å². The van der Waals surface area contributed by atoms with Gasteiger partial charge in [-0.15, -0.1) is 0 Å². The molecule has 0 aromatic rings. The van der Waals surface area contributed by atoms with Gasteiger partial charge in [0.2, 0.25) is 0 Å². The summed E-state index contributed by atoms with van der Waals surface area (Å²) in [6.07, 6.45) is -4.31. The maximum Gasteiger partial charge on any atom is 0.303 e. The highest BCUT2D eigenvalue weighted by molar-refractivity contribution is 9.09. The second-order valence-corrected chi connectivity index (χ2v) is 6.51. The van der Waals surface area contributed by atoms with Crippen molar-refractivity contribution in [2.75, 3.05) is 11.9 Å². The molecule has 1 saturated heterocycles. The van der Waals surface area contributed by atoms with Crippen molar-refractivity contribution in [2.24, 2.45) is 0 Å². The number of carbonyl (C=O) groups excluding carboxylic acids is 4. The van der Waals surface area contributed by atoms with Crippen LogP contribution in [0.4, 0.5) is 0 Å². The number of hydrogen-bond acceptors (Lipinski definition) is 9. The molecule has 0 bridgehead atoms. The zero-order valence-electron chi connectivity index (χ0n) is 15.1. The van der Waals surface area contributed by atoms with Crippen LogP contribution >= 0.6 is 15.9 Å². The Hall–Kier alpha value is -1.68. The van der Waals surface area contributed by atoms with Gasteiger partial charge in [0.25, 0.3) is 0 Å². The van der Waals surface area contributed by atoms with Gasteiger partial charge in [0.1, 0.15) is 12.7 Å². The van der Waals surface area contributed by atoms with Crippen molar-refractivity contribution in [2.45, 2.75) is 64.6 Å². The molecule has 0 saturated carbocycles. The van der Waals surface area contributed by atoms with Crippen LogP contribution in [0.5, 0.6) is 0 Å². The van der Waals surface area contributed by atoms with Crippen LogP contribution in [-0.2, 0) is 42.9 Å². The highest BCUT2D eigenvalue weighted by Gasteiger charge is 2.51. The first-order valence-corrected chi connectivity index (χ1v) is 9.14. The molecule has 0 unspecified atom stereocenters. The van der Waals surface area contributed by atoms with Crippen LogP contribution < -0.4 is 0 Å². The zero-order valence-corrected chi connectivity index (χ0v) is 16.6. The molecule has 0 N–H and O–H groups in total. The summed E-state index contributed by atoms with van der Waals surface area (Å²) in [5.41, 5.74) is 0. The van der Waals surface area contributed by atoms with Crippen molar-refractivity contribution >= 4 is 39.8 Å². The Bertz CT molecular complexity index is 536. The number of alkyl halides is 1. The number of esters is 4. The molecular formula is C16H23BrO9. The number of rotatable bonds is 7. The maximum absolute atomic E-state index is 11.6. The molecule has 148 valence electrons. The molecule has 1 rings (SSSR count). The average Bonchev–Trinajstić information content (AvgIpc) is 2.50. The maximum atomic E-state index is 11.6. The summed E-state index contributed by atoms with van der Waals surface area (Å²) in [5, 5.41) is 0.515. The van der Waals surface area contributed by atoms with Gasteiger partial charge in [-0.2, -0.15) is 0 Å². The lowest BCUT2D eigenvalue weighted by molar-refractivity contribution is -0.252. The van der Waals surface area contributed by atoms with E-state index in [0.29, 0.717) is 11.8 Å². The van der Waals surface area contributed by atoms with E-state index in [9.17, 15) is 19.2 Å². The first-order valence-electron chi connectivity index (χ1n) is 8.02. The third-order valence-electron chi connectivity index (χ3n) is 3.48. The van der Waals surface area contributed by atoms with Crippen molar-refractivity contribution in [3.63, 3.8) is 0 Å². The molecule has 1 aliphatic rings. The number of ether oxygens (including phenoxy) is 5. The monoisotopic (exact) mass is 438 g/mol. The van der Waals surface area contributed by atoms with Crippen LogP contribution in [0.1, 0.15) is 34.1 Å². The molecule has 1 fully saturated rings. The summed E-state index contributed by atoms with van der Waals surface area (Å²) in [6, 6.07) is 0. The topological polar surface area (TPSA) is 114 Å². The van der Waals surface area contributed by atoms with Crippen LogP contribution in [-0.4, -0.2) is 66.3 Å². The minimum atomic E-state index is -1.10. The number of halogens is 1. The van der Waals surface area contributed by atoms with E-state index >= 15 is 0 Å². The predicted molar refractivity (Wildman–Crippen MR) is 90.4 cm³/mol. The largest absolute Gasteiger partial charge is 0.463 e. The van der Waals surface area contributed by atoms with E-state index in [2.05, 4.69) is 15.9 Å². The van der Waals surface area contributed by atoms with E-state index in [4.69, 9.17) is 23.7 Å². The molecule has 0 aromatic carbocycles. The van der Waals surface area contributed by atoms with Gasteiger partial charge in [0, 0.05) is 33.0 Å². The number of hydrogen-bond donors (Lipinski definition) is 0. The van der Waals surface area contributed by atoms with Crippen molar-refractivity contribution in [1.82, 2.24) is 0 Å². The summed E-state index contributed by atoms with van der Waals surface area (Å²) in [5.74, 6) is -2.44. The van der Waals surface area contributed by atoms with Crippen LogP contribution in [0.25, 0.3) is 0 Å². The fourth-order valence-corrected chi connectivity index (χ4v) is 3.11. The van der Waals surface area contributed by atoms with E-state index in [0.717, 1.165) is 0 Å². The third-order valence-corrected chi connectivity index (χ3v) is 3.94. The molecule has 5 atom stereocenters. The van der Waals surface area contributed by atoms with Gasteiger partial charge >= 0.3 is 23.9 Å². The van der Waals surface area contributed by atoms with Gasteiger partial charge in [0.15, 0.2) is 18.3 Å². The van der Waals surface area contributed by atoms with Crippen LogP contribution in [0.2, 0.25) is 0 Å². The normalized spacial score (nSPS) is 28.0. The third kappa shape index (κ3) is 6.91. The van der Waals surface area contributed by atoms with Gasteiger partial charge < -0.3 is 23.7 Å². The van der Waals surface area contributed by atoms with Crippen molar-refractivity contribution < 1.29 is 42.9 Å². The summed E-state index contributed by atoms with van der Waals surface area (Å²) < 4.78 is 26.7. The smallest absolute Gasteiger partial charge is 0.303 e. The lowest BCUT2D eigenvalue weighted by Gasteiger charge is -2.44. The Morgan fingerprint density at radius 2 is 1.23 bits per heavy atom. The fourth-order valence-electron chi connectivity index (χ4n) is 2.66. The van der Waals surface area contributed by atoms with Crippen molar-refractivity contribution in [3.8, 4) is 0 Å². The molecule has 0 aromatic heterocycles. The quantitative estimate of drug-likeness (QED) is 0.324. The van der Waals surface area contributed by atoms with Crippen LogP contribution in [0.15, 0.2) is 0 Å². The SMILES string of the molecule is CC(=O)OC[C@H]1O[C@H](CCBr)[C@@H](OC(C)=O)[C@@H](OC(C)=O)[C@@H]1OC(C)=O. The van der Waals surface area contributed by atoms with Gasteiger partial charge in [-0.05, 0) is 6.42 Å². The van der Waals surface area contributed by atoms with Gasteiger partial charge in [-0.3, -0.25) is 19.2 Å². The van der Waals surface area contributed by atoms with E-state index in [-0.39, 0.29) is 6.61 Å². The van der Waals surface area contributed by atoms with E-state index in [1.165, 1.54) is 27.7 Å². The predicted octanol–water partition coefficient (Wildman–Crippen LogP) is 0.897. The van der Waals surface area contributed by atoms with Crippen molar-refractivity contribution in [1.29, 1.82) is 0 Å². The first-order chi connectivity index (χ1) is 12.1. The molecule has 1 aliphatic heterocycles. The second-order valence-electron chi connectivity index (χ2n) is 5.72. The molecular weight excluding hydrogens is 416 g/mol. The van der Waals surface area contributed by atoms with E-state index in [1.54, 1.807) is 0 Å².